The molecule has 0 aliphatic carbocycles. The first-order valence-electron chi connectivity index (χ1n) is 5.86. The molecular weight excluding hydrogens is 284 g/mol. The minimum Gasteiger partial charge on any atom is -0.493 e. The summed E-state index contributed by atoms with van der Waals surface area (Å²) in [6, 6.07) is 5.98. The van der Waals surface area contributed by atoms with Crippen molar-refractivity contribution in [2.24, 2.45) is 0 Å². The van der Waals surface area contributed by atoms with E-state index < -0.39 is 0 Å². The van der Waals surface area contributed by atoms with Crippen molar-refractivity contribution in [1.82, 2.24) is 0 Å². The molecule has 1 fully saturated rings. The lowest BCUT2D eigenvalue weighted by Crippen LogP contribution is -2.07. The molecule has 0 bridgehead atoms. The highest BCUT2D eigenvalue weighted by atomic mass is 79.9. The summed E-state index contributed by atoms with van der Waals surface area (Å²) >= 11 is 3.57. The molecule has 17 heavy (non-hydrogen) atoms. The van der Waals surface area contributed by atoms with Crippen molar-refractivity contribution in [2.75, 3.05) is 19.8 Å². The van der Waals surface area contributed by atoms with Gasteiger partial charge in [-0.3, -0.25) is 0 Å². The largest absolute Gasteiger partial charge is 0.493 e. The van der Waals surface area contributed by atoms with Crippen LogP contribution in [-0.4, -0.2) is 25.9 Å². The van der Waals surface area contributed by atoms with E-state index in [1.807, 2.05) is 32.0 Å². The van der Waals surface area contributed by atoms with Crippen molar-refractivity contribution >= 4 is 15.9 Å². The smallest absolute Gasteiger partial charge is 0.133 e. The fourth-order valence-corrected chi connectivity index (χ4v) is 2.32. The fourth-order valence-electron chi connectivity index (χ4n) is 1.61. The maximum atomic E-state index is 5.76. The number of ether oxygens (including phenoxy) is 3. The van der Waals surface area contributed by atoms with E-state index in [9.17, 15) is 0 Å². The lowest BCUT2D eigenvalue weighted by molar-refractivity contribution is 0.0533. The van der Waals surface area contributed by atoms with Gasteiger partial charge in [0.1, 0.15) is 11.9 Å². The van der Waals surface area contributed by atoms with Gasteiger partial charge < -0.3 is 14.2 Å². The molecule has 1 aromatic rings. The standard InChI is InChI=1S/C13H17BrO3/c1-3-15-12-6-4-5-11(13(12)14)9(2)16-7-10-8-17-10/h4-6,9-10H,3,7-8H2,1-2H3/t9-,10?/m1/s1. The maximum Gasteiger partial charge on any atom is 0.133 e. The Kier molecular flexibility index (Phi) is 4.42. The van der Waals surface area contributed by atoms with Crippen LogP contribution in [-0.2, 0) is 9.47 Å². The monoisotopic (exact) mass is 300 g/mol. The van der Waals surface area contributed by atoms with Crippen molar-refractivity contribution in [3.8, 4) is 5.75 Å². The van der Waals surface area contributed by atoms with Crippen LogP contribution in [0.2, 0.25) is 0 Å². The van der Waals surface area contributed by atoms with Crippen molar-refractivity contribution < 1.29 is 14.2 Å². The summed E-state index contributed by atoms with van der Waals surface area (Å²) in [6.45, 7) is 6.16. The van der Waals surface area contributed by atoms with E-state index in [-0.39, 0.29) is 6.10 Å². The number of rotatable bonds is 6. The lowest BCUT2D eigenvalue weighted by Gasteiger charge is -2.16. The second kappa shape index (κ2) is 5.85. The van der Waals surface area contributed by atoms with Crippen molar-refractivity contribution in [1.29, 1.82) is 0 Å². The molecule has 1 saturated heterocycles. The van der Waals surface area contributed by atoms with Crippen molar-refractivity contribution in [3.05, 3.63) is 28.2 Å². The number of benzene rings is 1. The van der Waals surface area contributed by atoms with Crippen LogP contribution >= 0.6 is 15.9 Å². The Bertz CT molecular complexity index is 377. The predicted octanol–water partition coefficient (Wildman–Crippen LogP) is 3.32. The van der Waals surface area contributed by atoms with Gasteiger partial charge >= 0.3 is 0 Å². The summed E-state index contributed by atoms with van der Waals surface area (Å²) in [4.78, 5) is 0. The second-order valence-corrected chi connectivity index (χ2v) is 4.82. The lowest BCUT2D eigenvalue weighted by atomic mass is 10.1. The van der Waals surface area contributed by atoms with Gasteiger partial charge in [0.2, 0.25) is 0 Å². The number of hydrogen-bond acceptors (Lipinski definition) is 3. The zero-order valence-corrected chi connectivity index (χ0v) is 11.7. The van der Waals surface area contributed by atoms with Gasteiger partial charge in [0, 0.05) is 0 Å². The van der Waals surface area contributed by atoms with Crippen LogP contribution in [0.3, 0.4) is 0 Å². The third-order valence-electron chi connectivity index (χ3n) is 2.67. The molecular formula is C13H17BrO3. The molecule has 4 heteroatoms. The predicted molar refractivity (Wildman–Crippen MR) is 69.4 cm³/mol. The molecule has 0 N–H and O–H groups in total. The fraction of sp³-hybridized carbons (Fsp3) is 0.538. The first-order chi connectivity index (χ1) is 8.22. The number of halogens is 1. The normalized spacial score (nSPS) is 20.1. The van der Waals surface area contributed by atoms with Crippen LogP contribution in [0.1, 0.15) is 25.5 Å². The van der Waals surface area contributed by atoms with Gasteiger partial charge in [-0.25, -0.2) is 0 Å². The molecule has 0 aromatic heterocycles. The molecule has 0 radical (unpaired) electrons. The van der Waals surface area contributed by atoms with Crippen LogP contribution in [0.4, 0.5) is 0 Å². The van der Waals surface area contributed by atoms with Gasteiger partial charge in [-0.1, -0.05) is 12.1 Å². The van der Waals surface area contributed by atoms with Gasteiger partial charge in [0.25, 0.3) is 0 Å². The quantitative estimate of drug-likeness (QED) is 0.755. The SMILES string of the molecule is CCOc1cccc([C@@H](C)OCC2CO2)c1Br. The number of hydrogen-bond donors (Lipinski definition) is 0. The van der Waals surface area contributed by atoms with E-state index in [2.05, 4.69) is 15.9 Å². The van der Waals surface area contributed by atoms with Gasteiger partial charge in [-0.2, -0.15) is 0 Å². The summed E-state index contributed by atoms with van der Waals surface area (Å²) in [6.07, 6.45) is 0.334. The van der Waals surface area contributed by atoms with E-state index >= 15 is 0 Å². The number of epoxide rings is 1. The van der Waals surface area contributed by atoms with Crippen molar-refractivity contribution in [3.63, 3.8) is 0 Å². The Morgan fingerprint density at radius 1 is 1.53 bits per heavy atom. The average molecular weight is 301 g/mol. The third-order valence-corrected chi connectivity index (χ3v) is 3.51. The van der Waals surface area contributed by atoms with E-state index in [0.29, 0.717) is 19.3 Å². The minimum atomic E-state index is 0.0361. The Labute approximate surface area is 110 Å². The summed E-state index contributed by atoms with van der Waals surface area (Å²) in [5.74, 6) is 0.864. The summed E-state index contributed by atoms with van der Waals surface area (Å²) in [5.41, 5.74) is 1.11. The van der Waals surface area contributed by atoms with Crippen LogP contribution in [0.15, 0.2) is 22.7 Å². The molecule has 2 rings (SSSR count). The molecule has 1 unspecified atom stereocenters. The van der Waals surface area contributed by atoms with Gasteiger partial charge in [-0.15, -0.1) is 0 Å². The highest BCUT2D eigenvalue weighted by molar-refractivity contribution is 9.10. The van der Waals surface area contributed by atoms with E-state index in [1.54, 1.807) is 0 Å². The minimum absolute atomic E-state index is 0.0361. The van der Waals surface area contributed by atoms with Crippen molar-refractivity contribution in [2.45, 2.75) is 26.1 Å². The Morgan fingerprint density at radius 3 is 2.94 bits per heavy atom. The molecule has 1 heterocycles. The zero-order valence-electron chi connectivity index (χ0n) is 10.1. The van der Waals surface area contributed by atoms with Crippen LogP contribution in [0.5, 0.6) is 5.75 Å². The Morgan fingerprint density at radius 2 is 2.29 bits per heavy atom. The average Bonchev–Trinajstić information content (AvgIpc) is 3.13. The molecule has 2 atom stereocenters. The molecule has 1 aromatic carbocycles. The van der Waals surface area contributed by atoms with Crippen LogP contribution in [0.25, 0.3) is 0 Å². The molecule has 1 aliphatic rings. The highest BCUT2D eigenvalue weighted by Crippen LogP contribution is 2.34. The van der Waals surface area contributed by atoms with Crippen LogP contribution < -0.4 is 4.74 Å². The first kappa shape index (κ1) is 12.9. The Hall–Kier alpha value is -0.580. The third kappa shape index (κ3) is 3.44. The maximum absolute atomic E-state index is 5.76. The van der Waals surface area contributed by atoms with E-state index in [4.69, 9.17) is 14.2 Å². The molecule has 3 nitrogen and oxygen atoms in total. The summed E-state index contributed by atoms with van der Waals surface area (Å²) < 4.78 is 17.4. The summed E-state index contributed by atoms with van der Waals surface area (Å²) in [7, 11) is 0. The molecule has 0 amide bonds. The topological polar surface area (TPSA) is 31.0 Å². The molecule has 0 saturated carbocycles. The second-order valence-electron chi connectivity index (χ2n) is 4.02. The highest BCUT2D eigenvalue weighted by Gasteiger charge is 2.24. The molecule has 0 spiro atoms. The van der Waals surface area contributed by atoms with Gasteiger partial charge in [0.15, 0.2) is 0 Å². The summed E-state index contributed by atoms with van der Waals surface area (Å²) in [5, 5.41) is 0. The van der Waals surface area contributed by atoms with Gasteiger partial charge in [0.05, 0.1) is 30.4 Å². The Balaban J connectivity index is 2.04. The molecule has 1 aliphatic heterocycles. The van der Waals surface area contributed by atoms with E-state index in [1.165, 1.54) is 0 Å². The van der Waals surface area contributed by atoms with Crippen LogP contribution in [0, 0.1) is 0 Å². The zero-order chi connectivity index (χ0) is 12.3. The van der Waals surface area contributed by atoms with E-state index in [0.717, 1.165) is 22.4 Å². The first-order valence-corrected chi connectivity index (χ1v) is 6.66. The van der Waals surface area contributed by atoms with Gasteiger partial charge in [-0.05, 0) is 41.4 Å². The molecule has 94 valence electrons.